The van der Waals surface area contributed by atoms with Gasteiger partial charge in [0.15, 0.2) is 0 Å². The van der Waals surface area contributed by atoms with E-state index < -0.39 is 0 Å². The fraction of sp³-hybridized carbons (Fsp3) is 0.571. The van der Waals surface area contributed by atoms with Crippen LogP contribution in [0, 0.1) is 5.92 Å². The van der Waals surface area contributed by atoms with E-state index in [0.717, 1.165) is 12.8 Å². The van der Waals surface area contributed by atoms with Crippen molar-refractivity contribution in [2.75, 3.05) is 0 Å². The van der Waals surface area contributed by atoms with Gasteiger partial charge in [-0.2, -0.15) is 0 Å². The number of rotatable bonds is 6. The summed E-state index contributed by atoms with van der Waals surface area (Å²) >= 11 is 0. The normalized spacial score (nSPS) is 13.1. The molecule has 0 amide bonds. The monoisotopic (exact) mass is 220 g/mol. The van der Waals surface area contributed by atoms with Crippen LogP contribution in [0.15, 0.2) is 24.3 Å². The molecule has 1 unspecified atom stereocenters. The van der Waals surface area contributed by atoms with E-state index in [1.165, 1.54) is 17.5 Å². The molecule has 1 atom stereocenters. The average Bonchev–Trinajstić information content (AvgIpc) is 2.26. The number of hydrogen-bond acceptors (Lipinski definition) is 2. The van der Waals surface area contributed by atoms with Crippen molar-refractivity contribution in [2.24, 2.45) is 11.8 Å². The zero-order valence-corrected chi connectivity index (χ0v) is 10.7. The second-order valence-corrected chi connectivity index (χ2v) is 4.84. The van der Waals surface area contributed by atoms with Gasteiger partial charge in [0.1, 0.15) is 0 Å². The van der Waals surface area contributed by atoms with Crippen molar-refractivity contribution in [1.82, 2.24) is 5.43 Å². The molecule has 0 radical (unpaired) electrons. The topological polar surface area (TPSA) is 38.0 Å². The van der Waals surface area contributed by atoms with Gasteiger partial charge in [0.25, 0.3) is 0 Å². The lowest BCUT2D eigenvalue weighted by atomic mass is 9.95. The van der Waals surface area contributed by atoms with Crippen molar-refractivity contribution in [3.8, 4) is 0 Å². The van der Waals surface area contributed by atoms with Crippen molar-refractivity contribution in [3.63, 3.8) is 0 Å². The summed E-state index contributed by atoms with van der Waals surface area (Å²) in [6.45, 7) is 6.65. The van der Waals surface area contributed by atoms with Crippen LogP contribution in [0.25, 0.3) is 0 Å². The van der Waals surface area contributed by atoms with E-state index in [1.807, 2.05) is 0 Å². The molecule has 2 nitrogen and oxygen atoms in total. The van der Waals surface area contributed by atoms with Crippen LogP contribution in [0.2, 0.25) is 0 Å². The fourth-order valence-electron chi connectivity index (χ4n) is 2.03. The molecular weight excluding hydrogens is 196 g/mol. The summed E-state index contributed by atoms with van der Waals surface area (Å²) in [5.74, 6) is 6.28. The molecule has 1 aromatic rings. The zero-order chi connectivity index (χ0) is 12.0. The molecule has 0 aliphatic heterocycles. The van der Waals surface area contributed by atoms with Gasteiger partial charge in [0, 0.05) is 6.04 Å². The van der Waals surface area contributed by atoms with Crippen LogP contribution in [0.5, 0.6) is 0 Å². The molecule has 1 rings (SSSR count). The highest BCUT2D eigenvalue weighted by Crippen LogP contribution is 2.21. The van der Waals surface area contributed by atoms with Crippen molar-refractivity contribution < 1.29 is 0 Å². The Kier molecular flexibility index (Phi) is 5.50. The first-order chi connectivity index (χ1) is 7.67. The smallest absolute Gasteiger partial charge is 0.0462 e. The molecule has 0 aromatic heterocycles. The summed E-state index contributed by atoms with van der Waals surface area (Å²) in [5, 5.41) is 0. The lowest BCUT2D eigenvalue weighted by molar-refractivity contribution is 0.438. The third-order valence-corrected chi connectivity index (χ3v) is 2.80. The average molecular weight is 220 g/mol. The lowest BCUT2D eigenvalue weighted by Crippen LogP contribution is -2.29. The zero-order valence-electron chi connectivity index (χ0n) is 10.7. The number of hydrazine groups is 1. The molecule has 0 spiro atoms. The molecule has 2 heteroatoms. The van der Waals surface area contributed by atoms with Gasteiger partial charge in [0.2, 0.25) is 0 Å². The Morgan fingerprint density at radius 2 is 2.06 bits per heavy atom. The number of benzene rings is 1. The molecule has 16 heavy (non-hydrogen) atoms. The Balaban J connectivity index is 2.79. The number of nitrogens with one attached hydrogen (secondary N) is 1. The molecule has 0 saturated heterocycles. The largest absolute Gasteiger partial charge is 0.271 e. The number of hydrogen-bond donors (Lipinski definition) is 2. The Labute approximate surface area is 99.2 Å². The fourth-order valence-corrected chi connectivity index (χ4v) is 2.03. The van der Waals surface area contributed by atoms with Crippen LogP contribution in [0.3, 0.4) is 0 Å². The molecule has 90 valence electrons. The van der Waals surface area contributed by atoms with Crippen molar-refractivity contribution in [2.45, 2.75) is 46.1 Å². The third kappa shape index (κ3) is 3.95. The highest BCUT2D eigenvalue weighted by atomic mass is 15.2. The van der Waals surface area contributed by atoms with Gasteiger partial charge in [0.05, 0.1) is 0 Å². The molecule has 0 aliphatic carbocycles. The van der Waals surface area contributed by atoms with Crippen molar-refractivity contribution >= 4 is 0 Å². The van der Waals surface area contributed by atoms with Crippen LogP contribution in [-0.4, -0.2) is 0 Å². The Hall–Kier alpha value is -0.860. The Morgan fingerprint density at radius 3 is 2.62 bits per heavy atom. The van der Waals surface area contributed by atoms with E-state index in [4.69, 9.17) is 5.84 Å². The first-order valence-electron chi connectivity index (χ1n) is 6.22. The maximum atomic E-state index is 5.63. The van der Waals surface area contributed by atoms with E-state index in [2.05, 4.69) is 50.5 Å². The summed E-state index contributed by atoms with van der Waals surface area (Å²) < 4.78 is 0. The summed E-state index contributed by atoms with van der Waals surface area (Å²) in [6.07, 6.45) is 3.41. The second-order valence-electron chi connectivity index (χ2n) is 4.84. The standard InChI is InChI=1S/C14H24N2/c1-4-6-12-7-5-8-13(10-12)14(16-15)9-11(2)3/h5,7-8,10-11,14,16H,4,6,9,15H2,1-3H3. The summed E-state index contributed by atoms with van der Waals surface area (Å²) in [6, 6.07) is 9.03. The summed E-state index contributed by atoms with van der Waals surface area (Å²) in [7, 11) is 0. The van der Waals surface area contributed by atoms with Gasteiger partial charge in [-0.15, -0.1) is 0 Å². The van der Waals surface area contributed by atoms with Gasteiger partial charge in [-0.25, -0.2) is 0 Å². The third-order valence-electron chi connectivity index (χ3n) is 2.80. The maximum absolute atomic E-state index is 5.63. The molecule has 0 heterocycles. The molecule has 0 fully saturated rings. The van der Waals surface area contributed by atoms with E-state index in [1.54, 1.807) is 0 Å². The van der Waals surface area contributed by atoms with E-state index in [-0.39, 0.29) is 6.04 Å². The number of nitrogens with two attached hydrogens (primary N) is 1. The van der Waals surface area contributed by atoms with E-state index in [0.29, 0.717) is 5.92 Å². The van der Waals surface area contributed by atoms with Crippen LogP contribution in [-0.2, 0) is 6.42 Å². The van der Waals surface area contributed by atoms with Crippen LogP contribution < -0.4 is 11.3 Å². The molecule has 0 saturated carbocycles. The Morgan fingerprint density at radius 1 is 1.31 bits per heavy atom. The van der Waals surface area contributed by atoms with Crippen molar-refractivity contribution in [3.05, 3.63) is 35.4 Å². The minimum atomic E-state index is 0.275. The highest BCUT2D eigenvalue weighted by molar-refractivity contribution is 5.26. The van der Waals surface area contributed by atoms with Crippen molar-refractivity contribution in [1.29, 1.82) is 0 Å². The first-order valence-corrected chi connectivity index (χ1v) is 6.22. The van der Waals surface area contributed by atoms with Gasteiger partial charge >= 0.3 is 0 Å². The highest BCUT2D eigenvalue weighted by Gasteiger charge is 2.11. The summed E-state index contributed by atoms with van der Waals surface area (Å²) in [5.41, 5.74) is 5.63. The minimum absolute atomic E-state index is 0.275. The quantitative estimate of drug-likeness (QED) is 0.571. The maximum Gasteiger partial charge on any atom is 0.0462 e. The summed E-state index contributed by atoms with van der Waals surface area (Å²) in [4.78, 5) is 0. The lowest BCUT2D eigenvalue weighted by Gasteiger charge is -2.19. The molecule has 0 aliphatic rings. The van der Waals surface area contributed by atoms with E-state index in [9.17, 15) is 0 Å². The SMILES string of the molecule is CCCc1cccc(C(CC(C)C)NN)c1. The predicted octanol–water partition coefficient (Wildman–Crippen LogP) is 3.19. The molecular formula is C14H24N2. The van der Waals surface area contributed by atoms with Crippen LogP contribution >= 0.6 is 0 Å². The predicted molar refractivity (Wildman–Crippen MR) is 70.0 cm³/mol. The van der Waals surface area contributed by atoms with Gasteiger partial charge in [-0.1, -0.05) is 51.5 Å². The van der Waals surface area contributed by atoms with Gasteiger partial charge in [-0.3, -0.25) is 11.3 Å². The molecule has 3 N–H and O–H groups in total. The molecule has 0 bridgehead atoms. The molecule has 1 aromatic carbocycles. The Bertz CT molecular complexity index is 307. The van der Waals surface area contributed by atoms with Gasteiger partial charge in [-0.05, 0) is 29.9 Å². The van der Waals surface area contributed by atoms with Crippen LogP contribution in [0.4, 0.5) is 0 Å². The second kappa shape index (κ2) is 6.66. The van der Waals surface area contributed by atoms with Crippen LogP contribution in [0.1, 0.15) is 50.8 Å². The first kappa shape index (κ1) is 13.2. The minimum Gasteiger partial charge on any atom is -0.271 e. The van der Waals surface area contributed by atoms with E-state index >= 15 is 0 Å². The number of aryl methyl sites for hydroxylation is 1. The van der Waals surface area contributed by atoms with Gasteiger partial charge < -0.3 is 0 Å².